The summed E-state index contributed by atoms with van der Waals surface area (Å²) < 4.78 is 0. The van der Waals surface area contributed by atoms with Crippen LogP contribution in [-0.2, 0) is 22.4 Å². The molecule has 0 aromatic heterocycles. The normalized spacial score (nSPS) is 18.4. The molecular weight excluding hydrogens is 673 g/mol. The van der Waals surface area contributed by atoms with Crippen LogP contribution in [0.25, 0.3) is 22.3 Å². The zero-order chi connectivity index (χ0) is 40.7. The molecule has 0 spiro atoms. The van der Waals surface area contributed by atoms with Gasteiger partial charge in [-0.1, -0.05) is 182 Å². The number of anilines is 2. The first-order chi connectivity index (χ1) is 25.5. The summed E-state index contributed by atoms with van der Waals surface area (Å²) in [4.78, 5) is 30.9. The third kappa shape index (κ3) is 9.62. The maximum absolute atomic E-state index is 13.5. The van der Waals surface area contributed by atoms with Crippen molar-refractivity contribution in [1.29, 1.82) is 0 Å². The number of nitrogens with zero attached hydrogens (tertiary/aromatic N) is 2. The zero-order valence-electron chi connectivity index (χ0n) is 36.5. The van der Waals surface area contributed by atoms with Crippen molar-refractivity contribution in [3.8, 4) is 22.3 Å². The van der Waals surface area contributed by atoms with E-state index in [0.717, 1.165) is 43.7 Å². The first-order valence-corrected chi connectivity index (χ1v) is 20.5. The van der Waals surface area contributed by atoms with Gasteiger partial charge in [0.25, 0.3) is 0 Å². The van der Waals surface area contributed by atoms with E-state index in [9.17, 15) is 9.59 Å². The van der Waals surface area contributed by atoms with Crippen molar-refractivity contribution in [1.82, 2.24) is 0 Å². The van der Waals surface area contributed by atoms with Crippen molar-refractivity contribution in [2.24, 2.45) is 21.7 Å². The molecule has 8 rings (SSSR count). The highest BCUT2D eigenvalue weighted by atomic mass is 16.2. The predicted octanol–water partition coefficient (Wildman–Crippen LogP) is 13.3. The Bertz CT molecular complexity index is 1990. The number of para-hydroxylation sites is 2. The van der Waals surface area contributed by atoms with Gasteiger partial charge < -0.3 is 9.80 Å². The Morgan fingerprint density at radius 2 is 0.782 bits per heavy atom. The van der Waals surface area contributed by atoms with Gasteiger partial charge in [0, 0.05) is 24.2 Å². The number of aryl methyl sites for hydroxylation is 1. The molecule has 0 saturated heterocycles. The Labute approximate surface area is 333 Å². The second-order valence-electron chi connectivity index (χ2n) is 21.2. The number of rotatable bonds is 0. The van der Waals surface area contributed by atoms with E-state index in [4.69, 9.17) is 0 Å². The summed E-state index contributed by atoms with van der Waals surface area (Å²) >= 11 is 0. The SMILES string of the molecule is CC(C)(C)C.CC(C)(C)C.CC(C)(C)C1C(=O)N2CCCc3cccc(c32)-c2ccccc21.CC(C)(C)C1C(=O)N2CCc3cccc(c32)-c2ccccc21. The molecule has 4 aromatic rings. The van der Waals surface area contributed by atoms with Crippen molar-refractivity contribution >= 4 is 23.2 Å². The highest BCUT2D eigenvalue weighted by Gasteiger charge is 2.43. The standard InChI is InChI=1S/C21H23NO.C20H21NO.2C5H12/c1-21(2,3)18-16-11-5-4-10-15(16)17-12-6-8-14-9-7-13-22(19(14)17)20(18)23;1-20(2,3)17-15-9-5-4-8-14(15)16-10-6-7-13-11-12-21(18(13)16)19(17)22;2*1-5(2,3)4/h4-6,8,10-12,18H,7,9,13H2,1-3H3;4-10,17H,11-12H2,1-3H3;2*1-4H3. The smallest absolute Gasteiger partial charge is 0.235 e. The highest BCUT2D eigenvalue weighted by Crippen LogP contribution is 2.51. The van der Waals surface area contributed by atoms with Gasteiger partial charge in [-0.2, -0.15) is 0 Å². The van der Waals surface area contributed by atoms with Gasteiger partial charge in [-0.25, -0.2) is 0 Å². The van der Waals surface area contributed by atoms with E-state index in [-0.39, 0.29) is 34.5 Å². The van der Waals surface area contributed by atoms with Crippen molar-refractivity contribution in [2.45, 2.75) is 128 Å². The minimum absolute atomic E-state index is 0.0953. The average Bonchev–Trinajstić information content (AvgIpc) is 3.42. The van der Waals surface area contributed by atoms with Gasteiger partial charge in [-0.05, 0) is 74.3 Å². The minimum Gasteiger partial charge on any atom is -0.311 e. The van der Waals surface area contributed by atoms with E-state index in [1.807, 2.05) is 4.90 Å². The lowest BCUT2D eigenvalue weighted by Gasteiger charge is -2.35. The second kappa shape index (κ2) is 15.8. The number of amides is 2. The van der Waals surface area contributed by atoms with Crippen LogP contribution in [0.2, 0.25) is 0 Å². The number of carbonyl (C=O) groups excluding carboxylic acids is 2. The van der Waals surface area contributed by atoms with Gasteiger partial charge in [-0.15, -0.1) is 0 Å². The summed E-state index contributed by atoms with van der Waals surface area (Å²) in [7, 11) is 0. The number of fused-ring (bicyclic) bond motifs is 4. The molecule has 4 aliphatic heterocycles. The molecule has 2 atom stereocenters. The lowest BCUT2D eigenvalue weighted by atomic mass is 9.74. The van der Waals surface area contributed by atoms with E-state index in [0.29, 0.717) is 10.8 Å². The lowest BCUT2D eigenvalue weighted by molar-refractivity contribution is -0.123. The topological polar surface area (TPSA) is 40.6 Å². The Morgan fingerprint density at radius 1 is 0.436 bits per heavy atom. The molecule has 0 fully saturated rings. The largest absolute Gasteiger partial charge is 0.311 e. The fourth-order valence-electron chi connectivity index (χ4n) is 8.22. The molecule has 4 aromatic carbocycles. The van der Waals surface area contributed by atoms with Crippen molar-refractivity contribution in [2.75, 3.05) is 22.9 Å². The Balaban J connectivity index is 0.000000170. The molecule has 0 bridgehead atoms. The van der Waals surface area contributed by atoms with E-state index < -0.39 is 0 Å². The van der Waals surface area contributed by atoms with Crippen LogP contribution in [0.4, 0.5) is 11.4 Å². The molecule has 55 heavy (non-hydrogen) atoms. The van der Waals surface area contributed by atoms with Crippen LogP contribution in [0.3, 0.4) is 0 Å². The summed E-state index contributed by atoms with van der Waals surface area (Å²) in [5.41, 5.74) is 12.9. The zero-order valence-corrected chi connectivity index (χ0v) is 36.5. The van der Waals surface area contributed by atoms with Gasteiger partial charge >= 0.3 is 0 Å². The third-order valence-electron chi connectivity index (χ3n) is 10.1. The highest BCUT2D eigenvalue weighted by molar-refractivity contribution is 6.08. The van der Waals surface area contributed by atoms with Crippen LogP contribution in [0.5, 0.6) is 0 Å². The number of benzene rings is 4. The Hall–Kier alpha value is -4.18. The van der Waals surface area contributed by atoms with Crippen molar-refractivity contribution in [3.05, 3.63) is 107 Å². The summed E-state index contributed by atoms with van der Waals surface area (Å²) in [6.45, 7) is 32.2. The molecule has 0 radical (unpaired) electrons. The van der Waals surface area contributed by atoms with E-state index >= 15 is 0 Å². The first kappa shape index (κ1) is 42.0. The summed E-state index contributed by atoms with van der Waals surface area (Å²) in [5.74, 6) is 0.318. The molecule has 4 heterocycles. The fourth-order valence-corrected chi connectivity index (χ4v) is 8.22. The third-order valence-corrected chi connectivity index (χ3v) is 10.1. The molecule has 0 N–H and O–H groups in total. The van der Waals surface area contributed by atoms with Crippen LogP contribution in [-0.4, -0.2) is 24.9 Å². The molecule has 2 unspecified atom stereocenters. The molecule has 0 aliphatic carbocycles. The second-order valence-corrected chi connectivity index (χ2v) is 21.2. The average molecular weight is 741 g/mol. The molecule has 0 saturated carbocycles. The lowest BCUT2D eigenvalue weighted by Crippen LogP contribution is -2.41. The molecule has 4 heteroatoms. The van der Waals surface area contributed by atoms with Gasteiger partial charge in [0.1, 0.15) is 0 Å². The van der Waals surface area contributed by atoms with Crippen molar-refractivity contribution < 1.29 is 9.59 Å². The maximum atomic E-state index is 13.5. The molecule has 2 amide bonds. The van der Waals surface area contributed by atoms with Gasteiger partial charge in [0.15, 0.2) is 0 Å². The van der Waals surface area contributed by atoms with E-state index in [1.54, 1.807) is 0 Å². The number of carbonyl (C=O) groups is 2. The van der Waals surface area contributed by atoms with Crippen LogP contribution in [0.15, 0.2) is 84.9 Å². The van der Waals surface area contributed by atoms with Gasteiger partial charge in [-0.3, -0.25) is 9.59 Å². The minimum atomic E-state index is -0.104. The predicted molar refractivity (Wildman–Crippen MR) is 235 cm³/mol. The Morgan fingerprint density at radius 3 is 1.18 bits per heavy atom. The monoisotopic (exact) mass is 741 g/mol. The van der Waals surface area contributed by atoms with Crippen LogP contribution < -0.4 is 9.80 Å². The van der Waals surface area contributed by atoms with Crippen molar-refractivity contribution in [3.63, 3.8) is 0 Å². The summed E-state index contributed by atoms with van der Waals surface area (Å²) in [5, 5.41) is 0. The number of hydrogen-bond acceptors (Lipinski definition) is 2. The molecular formula is C51H68N2O2. The van der Waals surface area contributed by atoms with E-state index in [2.05, 4.69) is 187 Å². The van der Waals surface area contributed by atoms with Crippen LogP contribution >= 0.6 is 0 Å². The van der Waals surface area contributed by atoms with E-state index in [1.165, 1.54) is 44.5 Å². The van der Waals surface area contributed by atoms with Gasteiger partial charge in [0.05, 0.1) is 23.2 Å². The first-order valence-electron chi connectivity index (χ1n) is 20.5. The van der Waals surface area contributed by atoms with Crippen LogP contribution in [0, 0.1) is 21.7 Å². The maximum Gasteiger partial charge on any atom is 0.235 e. The van der Waals surface area contributed by atoms with Crippen LogP contribution in [0.1, 0.15) is 137 Å². The molecule has 4 aliphatic rings. The molecule has 294 valence electrons. The fraction of sp³-hybridized carbons (Fsp3) is 0.490. The Kier molecular flexibility index (Phi) is 12.0. The van der Waals surface area contributed by atoms with Gasteiger partial charge in [0.2, 0.25) is 11.8 Å². The summed E-state index contributed by atoms with van der Waals surface area (Å²) in [6, 6.07) is 29.8. The quantitative estimate of drug-likeness (QED) is 0.180. The number of hydrogen-bond donors (Lipinski definition) is 0. The summed E-state index contributed by atoms with van der Waals surface area (Å²) in [6.07, 6.45) is 3.08. The molecule has 4 nitrogen and oxygen atoms in total.